The summed E-state index contributed by atoms with van der Waals surface area (Å²) < 4.78 is 6.20. The maximum Gasteiger partial charge on any atom is 0.291 e. The molecule has 0 saturated heterocycles. The molecule has 10 heteroatoms. The van der Waals surface area contributed by atoms with E-state index < -0.39 is 5.09 Å². The molecule has 1 atom stereocenters. The first kappa shape index (κ1) is 24.2. The number of benzene rings is 2. The van der Waals surface area contributed by atoms with Crippen molar-refractivity contribution < 1.29 is 15.0 Å². The van der Waals surface area contributed by atoms with Gasteiger partial charge in [0.1, 0.15) is 0 Å². The van der Waals surface area contributed by atoms with Crippen LogP contribution in [0, 0.1) is 10.1 Å². The summed E-state index contributed by atoms with van der Waals surface area (Å²) in [5.74, 6) is 0. The lowest BCUT2D eigenvalue weighted by Crippen LogP contribution is -2.32. The minimum Gasteiger partial charge on any atom is -0.372 e. The van der Waals surface area contributed by atoms with E-state index in [1.54, 1.807) is 6.07 Å². The van der Waals surface area contributed by atoms with Crippen molar-refractivity contribution in [3.63, 3.8) is 0 Å². The highest BCUT2D eigenvalue weighted by molar-refractivity contribution is 6.35. The number of nitrogens with zero attached hydrogens (tertiary/aromatic N) is 3. The second kappa shape index (κ2) is 12.6. The zero-order valence-electron chi connectivity index (χ0n) is 16.1. The van der Waals surface area contributed by atoms with E-state index in [0.717, 1.165) is 43.1 Å². The van der Waals surface area contributed by atoms with Crippen LogP contribution in [0.5, 0.6) is 0 Å². The van der Waals surface area contributed by atoms with E-state index in [1.807, 2.05) is 30.6 Å². The lowest BCUT2D eigenvalue weighted by atomic mass is 10.1. The zero-order valence-corrected chi connectivity index (χ0v) is 18.4. The van der Waals surface area contributed by atoms with Crippen molar-refractivity contribution in [3.05, 3.63) is 78.8 Å². The topological polar surface area (TPSA) is 88.2 Å². The van der Waals surface area contributed by atoms with Gasteiger partial charge in [-0.25, -0.2) is 0 Å². The Balaban J connectivity index is 0.000000735. The minimum atomic E-state index is -1.50. The molecule has 1 unspecified atom stereocenters. The van der Waals surface area contributed by atoms with Crippen LogP contribution in [0.4, 0.5) is 0 Å². The maximum atomic E-state index is 8.36. The Morgan fingerprint density at radius 2 is 1.83 bits per heavy atom. The van der Waals surface area contributed by atoms with Gasteiger partial charge in [0, 0.05) is 28.2 Å². The summed E-state index contributed by atoms with van der Waals surface area (Å²) >= 11 is 18.2. The van der Waals surface area contributed by atoms with Crippen LogP contribution >= 0.6 is 34.8 Å². The van der Waals surface area contributed by atoms with Crippen molar-refractivity contribution in [1.82, 2.24) is 4.90 Å². The highest BCUT2D eigenvalue weighted by atomic mass is 35.5. The molecule has 0 aromatic heterocycles. The Bertz CT molecular complexity index is 846. The summed E-state index contributed by atoms with van der Waals surface area (Å²) in [6.07, 6.45) is 3.84. The number of ether oxygens (including phenoxy) is 1. The molecule has 162 valence electrons. The first-order chi connectivity index (χ1) is 14.3. The number of hydrogen-bond donors (Lipinski definition) is 1. The molecular formula is C20H22Cl3N3O4. The average Bonchev–Trinajstić information content (AvgIpc) is 3.19. The molecule has 1 heterocycles. The quantitative estimate of drug-likeness (QED) is 0.422. The van der Waals surface area contributed by atoms with E-state index in [-0.39, 0.29) is 6.10 Å². The molecule has 2 aromatic carbocycles. The molecule has 2 aromatic rings. The number of aliphatic imine (C=N–C) groups is 1. The molecule has 0 fully saturated rings. The number of aryl methyl sites for hydroxylation is 1. The summed E-state index contributed by atoms with van der Waals surface area (Å²) in [6.45, 7) is 3.09. The predicted octanol–water partition coefficient (Wildman–Crippen LogP) is 5.16. The summed E-state index contributed by atoms with van der Waals surface area (Å²) in [7, 11) is 0. The van der Waals surface area contributed by atoms with E-state index in [4.69, 9.17) is 54.9 Å². The molecule has 7 nitrogen and oxygen atoms in total. The number of rotatable bonds is 8. The largest absolute Gasteiger partial charge is 0.372 e. The third-order valence-corrected chi connectivity index (χ3v) is 5.20. The van der Waals surface area contributed by atoms with Gasteiger partial charge in [-0.3, -0.25) is 4.99 Å². The van der Waals surface area contributed by atoms with Crippen LogP contribution in [0.3, 0.4) is 0 Å². The van der Waals surface area contributed by atoms with Gasteiger partial charge in [-0.1, -0.05) is 53.0 Å². The molecule has 30 heavy (non-hydrogen) atoms. The van der Waals surface area contributed by atoms with Gasteiger partial charge in [0.2, 0.25) is 0 Å². The molecule has 0 spiro atoms. The first-order valence-electron chi connectivity index (χ1n) is 9.20. The SMILES string of the molecule is Clc1ccc(CCC(CN2C=NCC2)OCc2ccc(Cl)cc2Cl)cc1.O=[N+]([O-])O. The van der Waals surface area contributed by atoms with Gasteiger partial charge in [-0.05, 0) is 48.2 Å². The van der Waals surface area contributed by atoms with Gasteiger partial charge in [-0.15, -0.1) is 10.1 Å². The fourth-order valence-electron chi connectivity index (χ4n) is 2.87. The van der Waals surface area contributed by atoms with E-state index >= 15 is 0 Å². The monoisotopic (exact) mass is 473 g/mol. The van der Waals surface area contributed by atoms with Gasteiger partial charge in [0.15, 0.2) is 0 Å². The molecule has 3 rings (SSSR count). The second-order valence-corrected chi connectivity index (χ2v) is 7.87. The highest BCUT2D eigenvalue weighted by Gasteiger charge is 2.16. The number of hydrogen-bond acceptors (Lipinski definition) is 5. The molecule has 1 aliphatic heterocycles. The summed E-state index contributed by atoms with van der Waals surface area (Å²) in [6, 6.07) is 13.5. The normalized spacial score (nSPS) is 13.6. The molecule has 0 amide bonds. The first-order valence-corrected chi connectivity index (χ1v) is 10.3. The lowest BCUT2D eigenvalue weighted by molar-refractivity contribution is -0.742. The third-order valence-electron chi connectivity index (χ3n) is 4.36. The predicted molar refractivity (Wildman–Crippen MR) is 119 cm³/mol. The molecule has 0 aliphatic carbocycles. The van der Waals surface area contributed by atoms with Crippen LogP contribution in [0.1, 0.15) is 17.5 Å². The Morgan fingerprint density at radius 3 is 2.43 bits per heavy atom. The smallest absolute Gasteiger partial charge is 0.291 e. The van der Waals surface area contributed by atoms with Crippen molar-refractivity contribution >= 4 is 41.1 Å². The molecule has 0 saturated carbocycles. The van der Waals surface area contributed by atoms with Crippen molar-refractivity contribution in [2.75, 3.05) is 19.6 Å². The fourth-order valence-corrected chi connectivity index (χ4v) is 3.46. The zero-order chi connectivity index (χ0) is 21.9. The highest BCUT2D eigenvalue weighted by Crippen LogP contribution is 2.23. The standard InChI is InChI=1S/C20H21Cl3N2O.HNO3/c21-17-5-1-15(2-6-17)3-8-19(12-25-10-9-24-14-25)26-13-16-4-7-18(22)11-20(16)23;2-1(3)4/h1-2,4-7,11,14,19H,3,8-10,12-13H2;(H,2,3,4). The van der Waals surface area contributed by atoms with Crippen molar-refractivity contribution in [3.8, 4) is 0 Å². The van der Waals surface area contributed by atoms with E-state index in [0.29, 0.717) is 16.7 Å². The van der Waals surface area contributed by atoms with E-state index in [9.17, 15) is 0 Å². The number of halogens is 3. The van der Waals surface area contributed by atoms with Crippen molar-refractivity contribution in [2.24, 2.45) is 4.99 Å². The Kier molecular flexibility index (Phi) is 10.2. The van der Waals surface area contributed by atoms with Gasteiger partial charge in [0.05, 0.1) is 25.6 Å². The van der Waals surface area contributed by atoms with Crippen molar-refractivity contribution in [1.29, 1.82) is 0 Å². The second-order valence-electron chi connectivity index (χ2n) is 6.59. The summed E-state index contributed by atoms with van der Waals surface area (Å²) in [5.41, 5.74) is 2.20. The Hall–Kier alpha value is -2.06. The van der Waals surface area contributed by atoms with E-state index in [1.165, 1.54) is 5.56 Å². The van der Waals surface area contributed by atoms with Crippen LogP contribution in [-0.2, 0) is 17.8 Å². The van der Waals surface area contributed by atoms with Crippen LogP contribution in [-0.4, -0.2) is 47.3 Å². The Morgan fingerprint density at radius 1 is 1.17 bits per heavy atom. The van der Waals surface area contributed by atoms with Crippen molar-refractivity contribution in [2.45, 2.75) is 25.6 Å². The summed E-state index contributed by atoms with van der Waals surface area (Å²) in [5, 5.41) is 15.7. The van der Waals surface area contributed by atoms with Gasteiger partial charge in [0.25, 0.3) is 5.09 Å². The van der Waals surface area contributed by atoms with Gasteiger partial charge in [-0.2, -0.15) is 0 Å². The maximum absolute atomic E-state index is 8.36. The molecule has 1 N–H and O–H groups in total. The van der Waals surface area contributed by atoms with Crippen LogP contribution in [0.25, 0.3) is 0 Å². The van der Waals surface area contributed by atoms with Gasteiger partial charge < -0.3 is 14.8 Å². The van der Waals surface area contributed by atoms with E-state index in [2.05, 4.69) is 22.0 Å². The molecular weight excluding hydrogens is 453 g/mol. The molecule has 0 radical (unpaired) electrons. The summed E-state index contributed by atoms with van der Waals surface area (Å²) in [4.78, 5) is 14.8. The minimum absolute atomic E-state index is 0.0852. The average molecular weight is 475 g/mol. The Labute approximate surface area is 189 Å². The van der Waals surface area contributed by atoms with Crippen LogP contribution in [0.15, 0.2) is 47.5 Å². The lowest BCUT2D eigenvalue weighted by Gasteiger charge is -2.24. The molecule has 0 bridgehead atoms. The fraction of sp³-hybridized carbons (Fsp3) is 0.350. The van der Waals surface area contributed by atoms with Gasteiger partial charge >= 0.3 is 0 Å². The van der Waals surface area contributed by atoms with Crippen LogP contribution < -0.4 is 0 Å². The van der Waals surface area contributed by atoms with Crippen LogP contribution in [0.2, 0.25) is 15.1 Å². The molecule has 1 aliphatic rings. The third kappa shape index (κ3) is 9.17.